The van der Waals surface area contributed by atoms with E-state index in [0.717, 1.165) is 5.75 Å². The normalized spacial score (nSPS) is 13.6. The van der Waals surface area contributed by atoms with E-state index in [2.05, 4.69) is 39.0 Å². The molecule has 0 aliphatic rings. The van der Waals surface area contributed by atoms with Crippen molar-refractivity contribution in [2.24, 2.45) is 5.16 Å². The Hall–Kier alpha value is -1.00. The summed E-state index contributed by atoms with van der Waals surface area (Å²) in [6, 6.07) is 7.27. The molecule has 0 aliphatic carbocycles. The Balaban J connectivity index is 2.88. The fourth-order valence-corrected chi connectivity index (χ4v) is 2.32. The van der Waals surface area contributed by atoms with Crippen LogP contribution in [0.3, 0.4) is 0 Å². The minimum atomic E-state index is -1.81. The smallest absolute Gasteiger partial charge is 0.250 e. The molecule has 1 N–H and O–H groups in total. The first-order valence-electron chi connectivity index (χ1n) is 5.84. The molecule has 0 saturated heterocycles. The molecule has 100 valence electrons. The van der Waals surface area contributed by atoms with Crippen molar-refractivity contribution in [3.63, 3.8) is 0 Å². The highest BCUT2D eigenvalue weighted by Gasteiger charge is 2.38. The SMILES string of the molecule is CC(C)(C)[Si](C)(C)Oc1ccc(/C(Cl)=N/O)cc1. The average Bonchev–Trinajstić information content (AvgIpc) is 2.27. The average molecular weight is 286 g/mol. The van der Waals surface area contributed by atoms with Crippen LogP contribution >= 0.6 is 11.6 Å². The van der Waals surface area contributed by atoms with Crippen molar-refractivity contribution in [3.05, 3.63) is 29.8 Å². The summed E-state index contributed by atoms with van der Waals surface area (Å²) in [6.45, 7) is 11.0. The van der Waals surface area contributed by atoms with Gasteiger partial charge in [0, 0.05) is 5.56 Å². The van der Waals surface area contributed by atoms with Crippen molar-refractivity contribution in [1.82, 2.24) is 0 Å². The first kappa shape index (κ1) is 15.1. The molecule has 0 spiro atoms. The molecular formula is C13H20ClNO2Si. The van der Waals surface area contributed by atoms with Crippen molar-refractivity contribution in [2.45, 2.75) is 38.9 Å². The van der Waals surface area contributed by atoms with E-state index in [-0.39, 0.29) is 10.2 Å². The lowest BCUT2D eigenvalue weighted by atomic mass is 10.2. The Labute approximate surface area is 115 Å². The number of oxime groups is 1. The van der Waals surface area contributed by atoms with E-state index >= 15 is 0 Å². The van der Waals surface area contributed by atoms with Gasteiger partial charge in [0.15, 0.2) is 5.17 Å². The number of halogens is 1. The van der Waals surface area contributed by atoms with Crippen LogP contribution in [0.1, 0.15) is 26.3 Å². The molecule has 1 aromatic rings. The molecule has 0 bridgehead atoms. The first-order valence-corrected chi connectivity index (χ1v) is 9.13. The van der Waals surface area contributed by atoms with Gasteiger partial charge < -0.3 is 9.63 Å². The van der Waals surface area contributed by atoms with Crippen molar-refractivity contribution in [2.75, 3.05) is 0 Å². The summed E-state index contributed by atoms with van der Waals surface area (Å²) in [7, 11) is -1.81. The van der Waals surface area contributed by atoms with Crippen LogP contribution in [0.25, 0.3) is 0 Å². The Kier molecular flexibility index (Phi) is 4.45. The van der Waals surface area contributed by atoms with Gasteiger partial charge in [0.25, 0.3) is 0 Å². The largest absolute Gasteiger partial charge is 0.544 e. The van der Waals surface area contributed by atoms with Crippen molar-refractivity contribution < 1.29 is 9.63 Å². The van der Waals surface area contributed by atoms with Crippen LogP contribution in [0.4, 0.5) is 0 Å². The summed E-state index contributed by atoms with van der Waals surface area (Å²) in [6.07, 6.45) is 0. The summed E-state index contributed by atoms with van der Waals surface area (Å²) in [5.41, 5.74) is 0.668. The van der Waals surface area contributed by atoms with E-state index in [1.165, 1.54) is 0 Å². The zero-order valence-corrected chi connectivity index (χ0v) is 13.2. The van der Waals surface area contributed by atoms with Gasteiger partial charge in [-0.05, 0) is 42.4 Å². The standard InChI is InChI=1S/C13H20ClNO2Si/c1-13(2,3)18(4,5)17-11-8-6-10(7-9-11)12(14)15-16/h6-9,16H,1-5H3/b15-12-. The van der Waals surface area contributed by atoms with Crippen LogP contribution in [0.15, 0.2) is 29.4 Å². The molecular weight excluding hydrogens is 266 g/mol. The molecule has 0 unspecified atom stereocenters. The van der Waals surface area contributed by atoms with E-state index in [4.69, 9.17) is 21.2 Å². The molecule has 0 fully saturated rings. The third-order valence-electron chi connectivity index (χ3n) is 3.36. The zero-order chi connectivity index (χ0) is 14.0. The molecule has 0 aromatic heterocycles. The van der Waals surface area contributed by atoms with Crippen molar-refractivity contribution in [1.29, 1.82) is 0 Å². The predicted octanol–water partition coefficient (Wildman–Crippen LogP) is 4.45. The van der Waals surface area contributed by atoms with Gasteiger partial charge in [0.1, 0.15) is 5.75 Å². The summed E-state index contributed by atoms with van der Waals surface area (Å²) < 4.78 is 6.13. The second-order valence-corrected chi connectivity index (χ2v) is 10.9. The van der Waals surface area contributed by atoms with Crippen LogP contribution in [-0.2, 0) is 0 Å². The Bertz CT molecular complexity index is 435. The quantitative estimate of drug-likeness (QED) is 0.386. The van der Waals surface area contributed by atoms with E-state index in [1.807, 2.05) is 12.1 Å². The summed E-state index contributed by atoms with van der Waals surface area (Å²) in [5.74, 6) is 0.827. The second-order valence-electron chi connectivity index (χ2n) is 5.78. The molecule has 0 aliphatic heterocycles. The topological polar surface area (TPSA) is 41.8 Å². The van der Waals surface area contributed by atoms with Crippen molar-refractivity contribution in [3.8, 4) is 5.75 Å². The fraction of sp³-hybridized carbons (Fsp3) is 0.462. The van der Waals surface area contributed by atoms with Crippen LogP contribution in [0, 0.1) is 0 Å². The summed E-state index contributed by atoms with van der Waals surface area (Å²) in [5, 5.41) is 11.8. The number of hydrogen-bond donors (Lipinski definition) is 1. The second kappa shape index (κ2) is 5.32. The first-order chi connectivity index (χ1) is 8.17. The molecule has 0 atom stereocenters. The van der Waals surface area contributed by atoms with Gasteiger partial charge in [-0.2, -0.15) is 0 Å². The highest BCUT2D eigenvalue weighted by Crippen LogP contribution is 2.37. The number of benzene rings is 1. The molecule has 0 heterocycles. The summed E-state index contributed by atoms with van der Waals surface area (Å²) >= 11 is 5.72. The molecule has 18 heavy (non-hydrogen) atoms. The predicted molar refractivity (Wildman–Crippen MR) is 78.4 cm³/mol. The molecule has 0 saturated carbocycles. The fourth-order valence-electron chi connectivity index (χ4n) is 1.17. The lowest BCUT2D eigenvalue weighted by Crippen LogP contribution is -2.43. The van der Waals surface area contributed by atoms with Crippen LogP contribution in [-0.4, -0.2) is 18.7 Å². The van der Waals surface area contributed by atoms with Gasteiger partial charge in [0.05, 0.1) is 0 Å². The number of nitrogens with zero attached hydrogens (tertiary/aromatic N) is 1. The Morgan fingerprint density at radius 1 is 1.22 bits per heavy atom. The van der Waals surface area contributed by atoms with Gasteiger partial charge >= 0.3 is 0 Å². The van der Waals surface area contributed by atoms with E-state index in [0.29, 0.717) is 5.56 Å². The maximum atomic E-state index is 8.58. The van der Waals surface area contributed by atoms with Gasteiger partial charge in [0.2, 0.25) is 8.32 Å². The van der Waals surface area contributed by atoms with Gasteiger partial charge in [-0.15, -0.1) is 0 Å². The van der Waals surface area contributed by atoms with Crippen molar-refractivity contribution >= 4 is 25.1 Å². The molecule has 3 nitrogen and oxygen atoms in total. The molecule has 0 radical (unpaired) electrons. The van der Waals surface area contributed by atoms with Gasteiger partial charge in [-0.3, -0.25) is 0 Å². The minimum Gasteiger partial charge on any atom is -0.544 e. The monoisotopic (exact) mass is 285 g/mol. The third kappa shape index (κ3) is 3.49. The maximum absolute atomic E-state index is 8.58. The van der Waals surface area contributed by atoms with Crippen LogP contribution in [0.5, 0.6) is 5.75 Å². The highest BCUT2D eigenvalue weighted by molar-refractivity contribution is 6.74. The Morgan fingerprint density at radius 3 is 2.11 bits per heavy atom. The molecule has 5 heteroatoms. The Morgan fingerprint density at radius 2 is 1.72 bits per heavy atom. The molecule has 0 amide bonds. The summed E-state index contributed by atoms with van der Waals surface area (Å²) in [4.78, 5) is 0. The number of hydrogen-bond acceptors (Lipinski definition) is 3. The van der Waals surface area contributed by atoms with Crippen LogP contribution < -0.4 is 4.43 Å². The highest BCUT2D eigenvalue weighted by atomic mass is 35.5. The van der Waals surface area contributed by atoms with Gasteiger partial charge in [-0.25, -0.2) is 0 Å². The number of rotatable bonds is 3. The minimum absolute atomic E-state index is 0.0777. The van der Waals surface area contributed by atoms with Crippen LogP contribution in [0.2, 0.25) is 18.1 Å². The third-order valence-corrected chi connectivity index (χ3v) is 8.01. The van der Waals surface area contributed by atoms with Gasteiger partial charge in [-0.1, -0.05) is 37.5 Å². The van der Waals surface area contributed by atoms with E-state index in [1.54, 1.807) is 12.1 Å². The lowest BCUT2D eigenvalue weighted by Gasteiger charge is -2.36. The lowest BCUT2D eigenvalue weighted by molar-refractivity contribution is 0.321. The molecule has 1 aromatic carbocycles. The van der Waals surface area contributed by atoms with E-state index in [9.17, 15) is 0 Å². The zero-order valence-electron chi connectivity index (χ0n) is 11.5. The molecule has 1 rings (SSSR count). The van der Waals surface area contributed by atoms with E-state index < -0.39 is 8.32 Å². The maximum Gasteiger partial charge on any atom is 0.250 e.